The predicted octanol–water partition coefficient (Wildman–Crippen LogP) is 2.91. The van der Waals surface area contributed by atoms with Crippen molar-refractivity contribution >= 4 is 26.2 Å². The maximum absolute atomic E-state index is 14.0. The van der Waals surface area contributed by atoms with Crippen LogP contribution < -0.4 is 18.9 Å². The molecule has 3 saturated heterocycles. The molecular weight excluding hydrogens is 686 g/mol. The van der Waals surface area contributed by atoms with E-state index in [0.717, 1.165) is 13.2 Å². The number of aliphatic hydroxyl groups is 1. The molecule has 0 spiro atoms. The molecule has 4 bridgehead atoms. The number of halogens is 4. The fourth-order valence-electron chi connectivity index (χ4n) is 10.0. The average molecular weight is 734 g/mol. The number of benzene rings is 2. The average Bonchev–Trinajstić information content (AvgIpc) is 3.81. The first-order valence-electron chi connectivity index (χ1n) is 18.0. The van der Waals surface area contributed by atoms with Crippen molar-refractivity contribution in [3.05, 3.63) is 71.3 Å². The number of likely N-dealkylation sites (tertiary alicyclic amines) is 2. The topological polar surface area (TPSA) is 96.4 Å². The van der Waals surface area contributed by atoms with Gasteiger partial charge in [0.25, 0.3) is 0 Å². The number of alkyl halides is 2. The summed E-state index contributed by atoms with van der Waals surface area (Å²) in [7, 11) is 1.35. The second kappa shape index (κ2) is 15.7. The number of carbonyl (C=O) groups is 3. The van der Waals surface area contributed by atoms with E-state index in [1.165, 1.54) is 44.2 Å². The Morgan fingerprint density at radius 1 is 0.792 bits per heavy atom. The van der Waals surface area contributed by atoms with Crippen molar-refractivity contribution < 1.29 is 66.8 Å². The van der Waals surface area contributed by atoms with Crippen molar-refractivity contribution in [2.45, 2.75) is 88.6 Å². The monoisotopic (exact) mass is 733 g/mol. The molecule has 9 fully saturated rings. The van der Waals surface area contributed by atoms with Crippen LogP contribution in [0.25, 0.3) is 0 Å². The van der Waals surface area contributed by atoms with Crippen LogP contribution in [0, 0.1) is 33.3 Å². The molecule has 4 unspecified atom stereocenters. The van der Waals surface area contributed by atoms with E-state index in [9.17, 15) is 37.1 Å². The number of hydrogen-bond acceptors (Lipinski definition) is 6. The van der Waals surface area contributed by atoms with Gasteiger partial charge in [0.2, 0.25) is 11.8 Å². The van der Waals surface area contributed by atoms with E-state index in [2.05, 4.69) is 0 Å². The van der Waals surface area contributed by atoms with Crippen LogP contribution in [0.3, 0.4) is 0 Å². The quantitative estimate of drug-likeness (QED) is 0.279. The number of nitrogens with zero attached hydrogens (tertiary/aromatic N) is 2. The minimum atomic E-state index is -1.11. The molecule has 281 valence electrons. The van der Waals surface area contributed by atoms with Crippen LogP contribution in [0.1, 0.15) is 88.8 Å². The van der Waals surface area contributed by atoms with Crippen LogP contribution >= 0.6 is 0 Å². The summed E-state index contributed by atoms with van der Waals surface area (Å²) in [5, 5.41) is 9.32. The Hall–Kier alpha value is -2.85. The first-order valence-corrected chi connectivity index (χ1v) is 18.0. The number of amides is 2. The van der Waals surface area contributed by atoms with Gasteiger partial charge < -0.3 is 25.8 Å². The van der Waals surface area contributed by atoms with E-state index in [1.807, 2.05) is 0 Å². The van der Waals surface area contributed by atoms with E-state index >= 15 is 0 Å². The molecule has 6 saturated carbocycles. The summed E-state index contributed by atoms with van der Waals surface area (Å²) < 4.78 is 64.6. The van der Waals surface area contributed by atoms with Crippen molar-refractivity contribution in [3.8, 4) is 0 Å². The van der Waals surface area contributed by atoms with Gasteiger partial charge in [-0.3, -0.25) is 14.4 Å². The van der Waals surface area contributed by atoms with Crippen LogP contribution in [-0.2, 0) is 23.9 Å². The fourth-order valence-corrected chi connectivity index (χ4v) is 10.0. The molecule has 3 radical (unpaired) electrons. The smallest absolute Gasteiger partial charge is 1.00 e. The summed E-state index contributed by atoms with van der Waals surface area (Å²) in [6.07, 6.45) is 4.37. The van der Waals surface area contributed by atoms with E-state index in [-0.39, 0.29) is 96.3 Å². The zero-order valence-electron chi connectivity index (χ0n) is 31.5. The molecule has 0 aromatic heterocycles. The summed E-state index contributed by atoms with van der Waals surface area (Å²) in [6, 6.07) is 11.3. The zero-order valence-corrected chi connectivity index (χ0v) is 30.5. The summed E-state index contributed by atoms with van der Waals surface area (Å²) in [5.74, 6) is -1.14. The van der Waals surface area contributed by atoms with E-state index < -0.39 is 40.4 Å². The Balaban J connectivity index is 0.000000203. The van der Waals surface area contributed by atoms with Gasteiger partial charge in [-0.15, -0.1) is 0 Å². The fraction of sp³-hybridized carbons (Fsp3) is 0.615. The van der Waals surface area contributed by atoms with Crippen molar-refractivity contribution in [2.75, 3.05) is 40.0 Å². The summed E-state index contributed by atoms with van der Waals surface area (Å²) in [5.41, 5.74) is -0.219. The molecular formula is C39H47BF4LiN2O6. The SMILES string of the molecule is C1CCOC1.COC(=O)C12CC(C(=O)N3CC(F)CC3c3cccc(F)c3)(C1)C2.O=C(N1CC(F)CC1c1cccc(F)c1)C12CC(CO)(C1)C2.[B].[H-].[Li+]. The number of esters is 1. The number of methoxy groups -OCH3 is 1. The normalized spacial score (nSPS) is 35.2. The van der Waals surface area contributed by atoms with Crippen molar-refractivity contribution in [1.82, 2.24) is 9.80 Å². The Kier molecular flexibility index (Phi) is 12.3. The first-order chi connectivity index (χ1) is 24.4. The third-order valence-electron chi connectivity index (χ3n) is 12.3. The molecule has 8 nitrogen and oxygen atoms in total. The molecule has 2 aromatic rings. The molecule has 14 heteroatoms. The van der Waals surface area contributed by atoms with Gasteiger partial charge in [0.15, 0.2) is 0 Å². The first kappa shape index (κ1) is 41.3. The summed E-state index contributed by atoms with van der Waals surface area (Å²) in [4.78, 5) is 40.7. The number of ether oxygens (including phenoxy) is 2. The number of rotatable bonds is 6. The van der Waals surface area contributed by atoms with Gasteiger partial charge in [0.05, 0.1) is 48.5 Å². The van der Waals surface area contributed by atoms with Crippen LogP contribution in [0.4, 0.5) is 17.6 Å². The van der Waals surface area contributed by atoms with Gasteiger partial charge in [-0.05, 0) is 92.2 Å². The van der Waals surface area contributed by atoms with Crippen molar-refractivity contribution in [2.24, 2.45) is 21.7 Å². The summed E-state index contributed by atoms with van der Waals surface area (Å²) >= 11 is 0. The molecule has 9 aliphatic rings. The molecule has 1 N–H and O–H groups in total. The Bertz CT molecular complexity index is 1640. The summed E-state index contributed by atoms with van der Waals surface area (Å²) in [6.45, 7) is 2.25. The van der Waals surface area contributed by atoms with Crippen molar-refractivity contribution in [1.29, 1.82) is 0 Å². The molecule has 2 aromatic carbocycles. The second-order valence-electron chi connectivity index (χ2n) is 16.1. The minimum absolute atomic E-state index is 0. The van der Waals surface area contributed by atoms with Gasteiger partial charge in [-0.25, -0.2) is 17.6 Å². The van der Waals surface area contributed by atoms with Gasteiger partial charge in [0.1, 0.15) is 24.0 Å². The maximum atomic E-state index is 14.0. The molecule has 53 heavy (non-hydrogen) atoms. The number of carbonyl (C=O) groups excluding carboxylic acids is 3. The number of aliphatic hydroxyl groups excluding tert-OH is 1. The number of hydrogen-bond donors (Lipinski definition) is 1. The van der Waals surface area contributed by atoms with Crippen LogP contribution in [0.15, 0.2) is 48.5 Å². The Labute approximate surface area is 323 Å². The standard InChI is InChI=1S/C18H19F2NO3.C17H19F2NO2.C4H8O.B.Li.H/c1-24-16(23)18-8-17(9-18,10-18)15(22)21-7-13(20)6-14(21)11-3-2-4-12(19)5-11;18-12-3-1-2-11(4-12)14-5-13(19)6-20(14)15(22)17-7-16(8-17,9-17)10-21;1-2-4-5-3-1;;;/h2-5,13-14H,6-10H2,1H3;1-4,13-14,21H,5-10H2;1-4H2;;;/q;;;;+1;-1. The molecule has 4 atom stereocenters. The van der Waals surface area contributed by atoms with Gasteiger partial charge in [-0.1, -0.05) is 24.3 Å². The molecule has 6 aliphatic carbocycles. The largest absolute Gasteiger partial charge is 1.00 e. The second-order valence-corrected chi connectivity index (χ2v) is 16.1. The van der Waals surface area contributed by atoms with Gasteiger partial charge in [-0.2, -0.15) is 0 Å². The van der Waals surface area contributed by atoms with Crippen LogP contribution in [0.2, 0.25) is 0 Å². The minimum Gasteiger partial charge on any atom is -1.00 e. The molecule has 11 rings (SSSR count). The molecule has 2 amide bonds. The molecule has 3 aliphatic heterocycles. The zero-order chi connectivity index (χ0) is 36.2. The van der Waals surface area contributed by atoms with Crippen LogP contribution in [-0.4, -0.2) is 93.5 Å². The third-order valence-corrected chi connectivity index (χ3v) is 12.3. The van der Waals surface area contributed by atoms with Crippen LogP contribution in [0.5, 0.6) is 0 Å². The third kappa shape index (κ3) is 7.45. The van der Waals surface area contributed by atoms with Gasteiger partial charge >= 0.3 is 24.8 Å². The van der Waals surface area contributed by atoms with Gasteiger partial charge in [0, 0.05) is 41.1 Å². The Morgan fingerprint density at radius 2 is 1.23 bits per heavy atom. The maximum Gasteiger partial charge on any atom is 1.00 e. The Morgan fingerprint density at radius 3 is 1.58 bits per heavy atom. The molecule has 3 heterocycles. The van der Waals surface area contributed by atoms with E-state index in [4.69, 9.17) is 9.47 Å². The van der Waals surface area contributed by atoms with E-state index in [1.54, 1.807) is 34.1 Å². The van der Waals surface area contributed by atoms with E-state index in [0.29, 0.717) is 49.7 Å². The van der Waals surface area contributed by atoms with Crippen molar-refractivity contribution in [3.63, 3.8) is 0 Å². The predicted molar refractivity (Wildman–Crippen MR) is 184 cm³/mol.